The Labute approximate surface area is 207 Å². The molecule has 1 aromatic carbocycles. The Morgan fingerprint density at radius 3 is 2.83 bits per heavy atom. The van der Waals surface area contributed by atoms with Gasteiger partial charge >= 0.3 is 5.97 Å². The molecule has 8 nitrogen and oxygen atoms in total. The number of amides is 1. The fraction of sp³-hybridized carbons (Fsp3) is 0.346. The van der Waals surface area contributed by atoms with Crippen molar-refractivity contribution < 1.29 is 19.4 Å². The van der Waals surface area contributed by atoms with E-state index in [9.17, 15) is 19.5 Å². The third kappa shape index (κ3) is 4.14. The Bertz CT molecular complexity index is 1310. The van der Waals surface area contributed by atoms with E-state index in [1.807, 2.05) is 17.1 Å². The van der Waals surface area contributed by atoms with Crippen LogP contribution in [0.15, 0.2) is 69.5 Å². The Morgan fingerprint density at radius 1 is 1.23 bits per heavy atom. The SMILES string of the molecule is CC(=O)OCCN1CN(C2C3=C(C=CCC3C)CSc3ccccc32)n2ccc(=O)c(O)c2C1=O. The average Bonchev–Trinajstić information content (AvgIpc) is 3.00. The third-order valence-corrected chi connectivity index (χ3v) is 7.84. The summed E-state index contributed by atoms with van der Waals surface area (Å²) < 4.78 is 6.71. The van der Waals surface area contributed by atoms with Gasteiger partial charge in [-0.1, -0.05) is 37.3 Å². The first kappa shape index (κ1) is 23.3. The number of aromatic nitrogens is 1. The van der Waals surface area contributed by atoms with E-state index >= 15 is 0 Å². The summed E-state index contributed by atoms with van der Waals surface area (Å²) >= 11 is 1.79. The molecule has 2 aromatic rings. The van der Waals surface area contributed by atoms with E-state index in [2.05, 4.69) is 31.2 Å². The molecule has 9 heteroatoms. The van der Waals surface area contributed by atoms with Crippen molar-refractivity contribution in [2.75, 3.05) is 30.6 Å². The topological polar surface area (TPSA) is 92.1 Å². The molecule has 2 unspecified atom stereocenters. The molecule has 1 aromatic heterocycles. The van der Waals surface area contributed by atoms with E-state index in [1.165, 1.54) is 29.0 Å². The van der Waals surface area contributed by atoms with Gasteiger partial charge in [0.05, 0.1) is 12.6 Å². The molecule has 2 aliphatic heterocycles. The molecule has 3 aliphatic rings. The van der Waals surface area contributed by atoms with Gasteiger partial charge < -0.3 is 14.7 Å². The Hall–Kier alpha value is -3.46. The predicted molar refractivity (Wildman–Crippen MR) is 133 cm³/mol. The van der Waals surface area contributed by atoms with Gasteiger partial charge in [-0.25, -0.2) is 0 Å². The first-order valence-electron chi connectivity index (χ1n) is 11.6. The fourth-order valence-corrected chi connectivity index (χ4v) is 6.17. The number of thioether (sulfide) groups is 1. The van der Waals surface area contributed by atoms with Gasteiger partial charge in [-0.05, 0) is 35.1 Å². The second-order valence-electron chi connectivity index (χ2n) is 8.96. The zero-order chi connectivity index (χ0) is 24.7. The normalized spacial score (nSPS) is 21.3. The molecule has 1 amide bonds. The van der Waals surface area contributed by atoms with Crippen LogP contribution in [0.4, 0.5) is 0 Å². The zero-order valence-electron chi connectivity index (χ0n) is 19.6. The van der Waals surface area contributed by atoms with Crippen LogP contribution in [0.2, 0.25) is 0 Å². The van der Waals surface area contributed by atoms with Crippen LogP contribution in [0.3, 0.4) is 0 Å². The number of pyridine rings is 1. The molecule has 1 N–H and O–H groups in total. The minimum absolute atomic E-state index is 0.0247. The highest BCUT2D eigenvalue weighted by molar-refractivity contribution is 7.99. The average molecular weight is 494 g/mol. The van der Waals surface area contributed by atoms with Gasteiger partial charge in [-0.15, -0.1) is 11.8 Å². The number of allylic oxidation sites excluding steroid dienone is 2. The molecule has 0 saturated heterocycles. The second kappa shape index (κ2) is 9.30. The summed E-state index contributed by atoms with van der Waals surface area (Å²) in [5.74, 6) is -0.379. The Kier molecular flexibility index (Phi) is 6.19. The second-order valence-corrected chi connectivity index (χ2v) is 9.98. The number of ether oxygens (including phenoxy) is 1. The molecule has 182 valence electrons. The van der Waals surface area contributed by atoms with Crippen LogP contribution in [0.1, 0.15) is 42.4 Å². The number of aromatic hydroxyl groups is 1. The van der Waals surface area contributed by atoms with Crippen molar-refractivity contribution in [2.24, 2.45) is 5.92 Å². The van der Waals surface area contributed by atoms with Gasteiger partial charge in [0.2, 0.25) is 5.43 Å². The van der Waals surface area contributed by atoms with Crippen molar-refractivity contribution in [3.05, 3.63) is 81.3 Å². The number of fused-ring (bicyclic) bond motifs is 2. The van der Waals surface area contributed by atoms with Crippen LogP contribution >= 0.6 is 11.8 Å². The van der Waals surface area contributed by atoms with Gasteiger partial charge in [-0.2, -0.15) is 0 Å². The number of rotatable bonds is 4. The molecule has 5 rings (SSSR count). The predicted octanol–water partition coefficient (Wildman–Crippen LogP) is 3.21. The molecule has 0 bridgehead atoms. The van der Waals surface area contributed by atoms with E-state index in [0.29, 0.717) is 0 Å². The third-order valence-electron chi connectivity index (χ3n) is 6.70. The number of carbonyl (C=O) groups is 2. The number of benzene rings is 1. The highest BCUT2D eigenvalue weighted by Gasteiger charge is 2.40. The number of nitrogens with zero attached hydrogens (tertiary/aromatic N) is 3. The number of esters is 1. The lowest BCUT2D eigenvalue weighted by Gasteiger charge is -2.45. The molecule has 3 heterocycles. The molecular weight excluding hydrogens is 466 g/mol. The first-order chi connectivity index (χ1) is 16.9. The van der Waals surface area contributed by atoms with Crippen LogP contribution in [-0.2, 0) is 9.53 Å². The summed E-state index contributed by atoms with van der Waals surface area (Å²) in [6.07, 6.45) is 6.87. The van der Waals surface area contributed by atoms with Crippen molar-refractivity contribution in [1.82, 2.24) is 9.58 Å². The molecule has 2 atom stereocenters. The van der Waals surface area contributed by atoms with Crippen molar-refractivity contribution in [2.45, 2.75) is 31.2 Å². The lowest BCUT2D eigenvalue weighted by atomic mass is 9.81. The lowest BCUT2D eigenvalue weighted by molar-refractivity contribution is -0.141. The van der Waals surface area contributed by atoms with E-state index in [0.717, 1.165) is 22.6 Å². The molecule has 0 fully saturated rings. The van der Waals surface area contributed by atoms with Gasteiger partial charge in [0.15, 0.2) is 11.4 Å². The molecular formula is C26H27N3O5S. The van der Waals surface area contributed by atoms with Gasteiger partial charge in [0, 0.05) is 29.8 Å². The summed E-state index contributed by atoms with van der Waals surface area (Å²) in [5, 5.41) is 12.7. The standard InChI is InChI=1S/C26H27N3O5S/c1-16-6-5-7-18-14-35-21-9-4-3-8-19(21)23(22(16)18)29-15-27(12-13-34-17(2)30)26(33)24-25(32)20(31)10-11-28(24)29/h3-5,7-11,16,23,32H,6,12-15H2,1-2H3. The summed E-state index contributed by atoms with van der Waals surface area (Å²) in [6, 6.07) is 9.31. The molecule has 0 radical (unpaired) electrons. The number of hydrogen-bond acceptors (Lipinski definition) is 7. The van der Waals surface area contributed by atoms with Crippen molar-refractivity contribution in [1.29, 1.82) is 0 Å². The molecule has 0 saturated carbocycles. The minimum atomic E-state index is -0.614. The highest BCUT2D eigenvalue weighted by atomic mass is 32.2. The maximum atomic E-state index is 13.4. The van der Waals surface area contributed by atoms with Crippen LogP contribution in [-0.4, -0.2) is 52.1 Å². The van der Waals surface area contributed by atoms with Gasteiger partial charge in [-0.3, -0.25) is 24.1 Å². The maximum Gasteiger partial charge on any atom is 0.302 e. The first-order valence-corrected chi connectivity index (χ1v) is 12.6. The zero-order valence-corrected chi connectivity index (χ0v) is 20.5. The van der Waals surface area contributed by atoms with E-state index < -0.39 is 23.1 Å². The summed E-state index contributed by atoms with van der Waals surface area (Å²) in [5.41, 5.74) is 2.94. The Morgan fingerprint density at radius 2 is 2.03 bits per heavy atom. The van der Waals surface area contributed by atoms with Crippen LogP contribution in [0.5, 0.6) is 5.75 Å². The lowest BCUT2D eigenvalue weighted by Crippen LogP contribution is -2.56. The van der Waals surface area contributed by atoms with Crippen molar-refractivity contribution in [3.8, 4) is 5.75 Å². The van der Waals surface area contributed by atoms with E-state index in [1.54, 1.807) is 22.6 Å². The summed E-state index contributed by atoms with van der Waals surface area (Å²) in [7, 11) is 0. The number of hydrogen-bond donors (Lipinski definition) is 1. The smallest absolute Gasteiger partial charge is 0.302 e. The quantitative estimate of drug-likeness (QED) is 0.654. The van der Waals surface area contributed by atoms with E-state index in [4.69, 9.17) is 4.74 Å². The molecule has 0 spiro atoms. The summed E-state index contributed by atoms with van der Waals surface area (Å²) in [6.45, 7) is 3.89. The van der Waals surface area contributed by atoms with Crippen molar-refractivity contribution in [3.63, 3.8) is 0 Å². The van der Waals surface area contributed by atoms with E-state index in [-0.39, 0.29) is 37.5 Å². The van der Waals surface area contributed by atoms with Crippen LogP contribution in [0, 0.1) is 5.92 Å². The van der Waals surface area contributed by atoms with Gasteiger partial charge in [0.25, 0.3) is 5.91 Å². The molecule has 35 heavy (non-hydrogen) atoms. The molecule has 1 aliphatic carbocycles. The fourth-order valence-electron chi connectivity index (χ4n) is 5.08. The number of carbonyl (C=O) groups excluding carboxylic acids is 2. The van der Waals surface area contributed by atoms with Crippen LogP contribution < -0.4 is 10.4 Å². The highest BCUT2D eigenvalue weighted by Crippen LogP contribution is 2.46. The van der Waals surface area contributed by atoms with Crippen molar-refractivity contribution >= 4 is 23.6 Å². The summed E-state index contributed by atoms with van der Waals surface area (Å²) in [4.78, 5) is 39.7. The minimum Gasteiger partial charge on any atom is -0.502 e. The largest absolute Gasteiger partial charge is 0.502 e. The van der Waals surface area contributed by atoms with Crippen LogP contribution in [0.25, 0.3) is 0 Å². The van der Waals surface area contributed by atoms with Gasteiger partial charge in [0.1, 0.15) is 13.3 Å². The monoisotopic (exact) mass is 493 g/mol. The maximum absolute atomic E-state index is 13.4. The Balaban J connectivity index is 1.69.